The monoisotopic (exact) mass is 462 g/mol. The lowest BCUT2D eigenvalue weighted by Crippen LogP contribution is -2.59. The molecule has 0 radical (unpaired) electrons. The van der Waals surface area contributed by atoms with Crippen molar-refractivity contribution in [3.63, 3.8) is 0 Å². The van der Waals surface area contributed by atoms with Gasteiger partial charge in [-0.2, -0.15) is 4.98 Å². The molecule has 0 aromatic carbocycles. The number of hydrogen-bond acceptors (Lipinski definition) is 7. The maximum absolute atomic E-state index is 12.9. The van der Waals surface area contributed by atoms with Crippen LogP contribution in [-0.2, 0) is 0 Å². The average molecular weight is 463 g/mol. The number of H-pyrrole nitrogens is 1. The van der Waals surface area contributed by atoms with Gasteiger partial charge in [-0.15, -0.1) is 0 Å². The first-order valence-corrected chi connectivity index (χ1v) is 12.6. The summed E-state index contributed by atoms with van der Waals surface area (Å²) in [5, 5.41) is 19.8. The van der Waals surface area contributed by atoms with Crippen LogP contribution in [0.15, 0.2) is 23.0 Å². The maximum atomic E-state index is 12.9. The summed E-state index contributed by atoms with van der Waals surface area (Å²) < 4.78 is 5.61. The van der Waals surface area contributed by atoms with Crippen LogP contribution in [-0.4, -0.2) is 60.8 Å². The predicted molar refractivity (Wildman–Crippen MR) is 125 cm³/mol. The SMILES string of the molecule is O=C(c1noc(-c2cnc3[nH]ccc3c2N[C@H]2C3CC4CC2C[C@@](O)(C4)C3)n1)N1CCCCC1. The molecular weight excluding hydrogens is 432 g/mol. The molecule has 2 atom stereocenters. The summed E-state index contributed by atoms with van der Waals surface area (Å²) in [6.07, 6.45) is 11.8. The van der Waals surface area contributed by atoms with Gasteiger partial charge in [0.25, 0.3) is 17.6 Å². The van der Waals surface area contributed by atoms with E-state index in [0.29, 0.717) is 29.2 Å². The Balaban J connectivity index is 1.23. The van der Waals surface area contributed by atoms with E-state index in [9.17, 15) is 9.90 Å². The second-order valence-electron chi connectivity index (χ2n) is 10.9. The highest BCUT2D eigenvalue weighted by atomic mass is 16.5. The van der Waals surface area contributed by atoms with Gasteiger partial charge in [0.2, 0.25) is 0 Å². The summed E-state index contributed by atoms with van der Waals surface area (Å²) in [6, 6.07) is 2.29. The van der Waals surface area contributed by atoms with Crippen molar-refractivity contribution < 1.29 is 14.4 Å². The first kappa shape index (κ1) is 20.4. The van der Waals surface area contributed by atoms with Gasteiger partial charge in [-0.3, -0.25) is 4.79 Å². The van der Waals surface area contributed by atoms with E-state index in [0.717, 1.165) is 68.3 Å². The normalized spacial score (nSPS) is 32.4. The summed E-state index contributed by atoms with van der Waals surface area (Å²) in [5.74, 6) is 1.78. The predicted octanol–water partition coefficient (Wildman–Crippen LogP) is 3.59. The third-order valence-corrected chi connectivity index (χ3v) is 8.63. The van der Waals surface area contributed by atoms with Crippen molar-refractivity contribution in [1.29, 1.82) is 0 Å². The van der Waals surface area contributed by atoms with Crippen molar-refractivity contribution in [2.75, 3.05) is 18.4 Å². The molecule has 4 bridgehead atoms. The number of nitrogens with one attached hydrogen (secondary N) is 2. The van der Waals surface area contributed by atoms with Gasteiger partial charge in [-0.05, 0) is 75.2 Å². The number of rotatable bonds is 4. The number of aromatic amines is 1. The number of nitrogens with zero attached hydrogens (tertiary/aromatic N) is 4. The number of carbonyl (C=O) groups is 1. The molecule has 4 heterocycles. The number of likely N-dealkylation sites (tertiary alicyclic amines) is 1. The van der Waals surface area contributed by atoms with Gasteiger partial charge >= 0.3 is 0 Å². The van der Waals surface area contributed by atoms with Crippen LogP contribution in [0.1, 0.15) is 62.0 Å². The van der Waals surface area contributed by atoms with Gasteiger partial charge in [0.15, 0.2) is 0 Å². The van der Waals surface area contributed by atoms with Crippen molar-refractivity contribution in [2.45, 2.75) is 63.0 Å². The quantitative estimate of drug-likeness (QED) is 0.542. The molecule has 2 unspecified atom stereocenters. The largest absolute Gasteiger partial charge is 0.390 e. The van der Waals surface area contributed by atoms with E-state index in [2.05, 4.69) is 25.4 Å². The van der Waals surface area contributed by atoms with Crippen molar-refractivity contribution in [1.82, 2.24) is 25.0 Å². The summed E-state index contributed by atoms with van der Waals surface area (Å²) in [7, 11) is 0. The van der Waals surface area contributed by atoms with Crippen LogP contribution in [0.2, 0.25) is 0 Å². The van der Waals surface area contributed by atoms with Gasteiger partial charge in [0, 0.05) is 36.9 Å². The summed E-state index contributed by atoms with van der Waals surface area (Å²) >= 11 is 0. The Morgan fingerprint density at radius 1 is 1.18 bits per heavy atom. The molecule has 0 spiro atoms. The molecule has 3 N–H and O–H groups in total. The number of piperidine rings is 1. The number of carbonyl (C=O) groups excluding carboxylic acids is 1. The highest BCUT2D eigenvalue weighted by Gasteiger charge is 2.54. The third kappa shape index (κ3) is 3.24. The van der Waals surface area contributed by atoms with E-state index in [-0.39, 0.29) is 17.8 Å². The van der Waals surface area contributed by atoms with Crippen LogP contribution in [0, 0.1) is 17.8 Å². The molecule has 1 aliphatic heterocycles. The lowest BCUT2D eigenvalue weighted by Gasteiger charge is -2.58. The maximum Gasteiger partial charge on any atom is 0.295 e. The van der Waals surface area contributed by atoms with Crippen LogP contribution in [0.25, 0.3) is 22.5 Å². The molecule has 9 heteroatoms. The molecule has 9 nitrogen and oxygen atoms in total. The van der Waals surface area contributed by atoms with Gasteiger partial charge < -0.3 is 24.8 Å². The van der Waals surface area contributed by atoms with Gasteiger partial charge in [-0.25, -0.2) is 4.98 Å². The van der Waals surface area contributed by atoms with Crippen LogP contribution in [0.3, 0.4) is 0 Å². The number of aliphatic hydroxyl groups is 1. The number of fused-ring (bicyclic) bond motifs is 1. The van der Waals surface area contributed by atoms with Crippen molar-refractivity contribution in [3.05, 3.63) is 24.3 Å². The fourth-order valence-corrected chi connectivity index (χ4v) is 7.37. The smallest absolute Gasteiger partial charge is 0.295 e. The molecule has 3 aromatic rings. The molecule has 4 saturated carbocycles. The molecule has 1 amide bonds. The van der Waals surface area contributed by atoms with E-state index in [4.69, 9.17) is 4.52 Å². The molecule has 178 valence electrons. The summed E-state index contributed by atoms with van der Waals surface area (Å²) in [6.45, 7) is 1.48. The number of pyridine rings is 1. The van der Waals surface area contributed by atoms with Crippen LogP contribution in [0.5, 0.6) is 0 Å². The Kier molecular flexibility index (Phi) is 4.53. The van der Waals surface area contributed by atoms with Crippen molar-refractivity contribution >= 4 is 22.6 Å². The minimum Gasteiger partial charge on any atom is -0.390 e. The van der Waals surface area contributed by atoms with E-state index >= 15 is 0 Å². The summed E-state index contributed by atoms with van der Waals surface area (Å²) in [5.41, 5.74) is 1.94. The first-order valence-electron chi connectivity index (χ1n) is 12.6. The number of amides is 1. The zero-order chi connectivity index (χ0) is 22.9. The Hall–Kier alpha value is -2.94. The summed E-state index contributed by atoms with van der Waals surface area (Å²) in [4.78, 5) is 27.0. The van der Waals surface area contributed by atoms with Crippen molar-refractivity contribution in [3.8, 4) is 11.5 Å². The molecule has 8 rings (SSSR count). The lowest BCUT2D eigenvalue weighted by atomic mass is 9.52. The Bertz CT molecular complexity index is 1230. The Morgan fingerprint density at radius 3 is 2.74 bits per heavy atom. The molecule has 5 fully saturated rings. The van der Waals surface area contributed by atoms with Crippen molar-refractivity contribution in [2.24, 2.45) is 17.8 Å². The topological polar surface area (TPSA) is 120 Å². The fraction of sp³-hybridized carbons (Fsp3) is 0.600. The van der Waals surface area contributed by atoms with E-state index < -0.39 is 5.60 Å². The second-order valence-corrected chi connectivity index (χ2v) is 10.9. The highest BCUT2D eigenvalue weighted by molar-refractivity contribution is 5.97. The number of anilines is 1. The Labute approximate surface area is 197 Å². The average Bonchev–Trinajstić information content (AvgIpc) is 3.50. The number of aromatic nitrogens is 4. The zero-order valence-electron chi connectivity index (χ0n) is 19.2. The van der Waals surface area contributed by atoms with E-state index in [1.54, 1.807) is 6.20 Å². The Morgan fingerprint density at radius 2 is 1.97 bits per heavy atom. The highest BCUT2D eigenvalue weighted by Crippen LogP contribution is 2.56. The van der Waals surface area contributed by atoms with Crippen LogP contribution >= 0.6 is 0 Å². The minimum atomic E-state index is -0.477. The zero-order valence-corrected chi connectivity index (χ0v) is 19.2. The number of hydrogen-bond donors (Lipinski definition) is 3. The van der Waals surface area contributed by atoms with Gasteiger partial charge in [0.05, 0.1) is 16.9 Å². The fourth-order valence-electron chi connectivity index (χ4n) is 7.37. The van der Waals surface area contributed by atoms with Crippen LogP contribution < -0.4 is 5.32 Å². The van der Waals surface area contributed by atoms with E-state index in [1.165, 1.54) is 12.8 Å². The third-order valence-electron chi connectivity index (χ3n) is 8.63. The first-order chi connectivity index (χ1) is 16.6. The van der Waals surface area contributed by atoms with Crippen LogP contribution in [0.4, 0.5) is 5.69 Å². The van der Waals surface area contributed by atoms with Gasteiger partial charge in [0.1, 0.15) is 5.65 Å². The van der Waals surface area contributed by atoms with E-state index in [1.807, 2.05) is 17.2 Å². The molecule has 3 aromatic heterocycles. The second kappa shape index (κ2) is 7.53. The minimum absolute atomic E-state index is 0.105. The van der Waals surface area contributed by atoms with Gasteiger partial charge in [-0.1, -0.05) is 5.16 Å². The molecule has 4 aliphatic carbocycles. The molecule has 34 heavy (non-hydrogen) atoms. The molecule has 5 aliphatic rings. The molecule has 1 saturated heterocycles. The molecular formula is C25H30N6O3. The lowest BCUT2D eigenvalue weighted by molar-refractivity contribution is -0.129. The standard InChI is InChI=1S/C25H30N6O3/c32-24(31-6-2-1-3-7-31)22-29-23(34-30-22)18-13-27-21-17(4-5-26-21)20(18)28-19-15-8-14-9-16(19)12-25(33,10-14)11-15/h4-5,13-16,19,33H,1-3,6-12H2,(H2,26,27,28)/t14?,15?,16?,19-,25+.